The Kier molecular flexibility index (Phi) is 4.43. The first-order chi connectivity index (χ1) is 10.0. The van der Waals surface area contributed by atoms with Gasteiger partial charge in [0.2, 0.25) is 0 Å². The summed E-state index contributed by atoms with van der Waals surface area (Å²) < 4.78 is 29.3. The lowest BCUT2D eigenvalue weighted by Gasteiger charge is -2.28. The third-order valence-corrected chi connectivity index (χ3v) is 6.20. The summed E-state index contributed by atoms with van der Waals surface area (Å²) in [6.07, 6.45) is 3.56. The standard InChI is InChI=1S/C15H20ClNO3S/c16-11-5-6-13-14(4-1-7-20-15(13)9-11)17-12-3-2-8-21(18,19)10-12/h5-6,9,12,14,17H,1-4,7-8,10H2. The van der Waals surface area contributed by atoms with Crippen LogP contribution in [0.2, 0.25) is 5.02 Å². The molecule has 2 heterocycles. The highest BCUT2D eigenvalue weighted by Gasteiger charge is 2.28. The van der Waals surface area contributed by atoms with Crippen molar-refractivity contribution in [2.45, 2.75) is 37.8 Å². The molecule has 0 radical (unpaired) electrons. The van der Waals surface area contributed by atoms with Crippen molar-refractivity contribution in [3.05, 3.63) is 28.8 Å². The Morgan fingerprint density at radius 3 is 2.90 bits per heavy atom. The Hall–Kier alpha value is -0.780. The van der Waals surface area contributed by atoms with Crippen LogP contribution in [0.4, 0.5) is 0 Å². The highest BCUT2D eigenvalue weighted by molar-refractivity contribution is 7.91. The SMILES string of the molecule is O=S1(=O)CCCC(NC2CCCOc3cc(Cl)ccc32)C1. The third kappa shape index (κ3) is 3.71. The van der Waals surface area contributed by atoms with Crippen molar-refractivity contribution in [1.82, 2.24) is 5.32 Å². The molecule has 0 amide bonds. The molecule has 1 aromatic carbocycles. The fourth-order valence-electron chi connectivity index (χ4n) is 3.16. The molecule has 1 fully saturated rings. The number of rotatable bonds is 2. The van der Waals surface area contributed by atoms with Crippen molar-refractivity contribution in [3.63, 3.8) is 0 Å². The highest BCUT2D eigenvalue weighted by atomic mass is 35.5. The molecule has 4 nitrogen and oxygen atoms in total. The molecule has 2 atom stereocenters. The molecule has 2 aliphatic rings. The van der Waals surface area contributed by atoms with Gasteiger partial charge in [0, 0.05) is 22.7 Å². The van der Waals surface area contributed by atoms with Crippen molar-refractivity contribution >= 4 is 21.4 Å². The average molecular weight is 330 g/mol. The predicted octanol–water partition coefficient (Wildman–Crippen LogP) is 2.72. The number of benzene rings is 1. The maximum Gasteiger partial charge on any atom is 0.151 e. The monoisotopic (exact) mass is 329 g/mol. The number of nitrogens with one attached hydrogen (secondary N) is 1. The van der Waals surface area contributed by atoms with Crippen molar-refractivity contribution in [1.29, 1.82) is 0 Å². The van der Waals surface area contributed by atoms with Crippen LogP contribution in [-0.2, 0) is 9.84 Å². The highest BCUT2D eigenvalue weighted by Crippen LogP contribution is 2.34. The van der Waals surface area contributed by atoms with Gasteiger partial charge in [-0.1, -0.05) is 17.7 Å². The van der Waals surface area contributed by atoms with Gasteiger partial charge in [0.25, 0.3) is 0 Å². The number of sulfone groups is 1. The zero-order valence-electron chi connectivity index (χ0n) is 11.8. The maximum absolute atomic E-state index is 11.8. The molecule has 1 saturated heterocycles. The smallest absolute Gasteiger partial charge is 0.151 e. The summed E-state index contributed by atoms with van der Waals surface area (Å²) in [5, 5.41) is 4.19. The van der Waals surface area contributed by atoms with E-state index in [1.54, 1.807) is 0 Å². The van der Waals surface area contributed by atoms with Gasteiger partial charge in [0.1, 0.15) is 5.75 Å². The van der Waals surface area contributed by atoms with Crippen LogP contribution in [0.25, 0.3) is 0 Å². The third-order valence-electron chi connectivity index (χ3n) is 4.15. The van der Waals surface area contributed by atoms with Crippen molar-refractivity contribution in [3.8, 4) is 5.75 Å². The van der Waals surface area contributed by atoms with Crippen LogP contribution >= 0.6 is 11.6 Å². The van der Waals surface area contributed by atoms with E-state index in [9.17, 15) is 8.42 Å². The van der Waals surface area contributed by atoms with Gasteiger partial charge in [-0.3, -0.25) is 0 Å². The lowest BCUT2D eigenvalue weighted by atomic mass is 10.0. The first-order valence-corrected chi connectivity index (χ1v) is 9.62. The summed E-state index contributed by atoms with van der Waals surface area (Å²) in [5.41, 5.74) is 1.08. The first kappa shape index (κ1) is 15.1. The van der Waals surface area contributed by atoms with Crippen LogP contribution < -0.4 is 10.1 Å². The van der Waals surface area contributed by atoms with Gasteiger partial charge in [-0.15, -0.1) is 0 Å². The van der Waals surface area contributed by atoms with Crippen LogP contribution in [0.3, 0.4) is 0 Å². The quantitative estimate of drug-likeness (QED) is 0.906. The molecule has 2 unspecified atom stereocenters. The van der Waals surface area contributed by atoms with E-state index in [-0.39, 0.29) is 17.8 Å². The summed E-state index contributed by atoms with van der Waals surface area (Å²) in [6.45, 7) is 0.675. The maximum atomic E-state index is 11.8. The van der Waals surface area contributed by atoms with Crippen LogP contribution in [0.5, 0.6) is 5.75 Å². The van der Waals surface area contributed by atoms with Crippen LogP contribution in [0, 0.1) is 0 Å². The minimum Gasteiger partial charge on any atom is -0.493 e. The Labute approximate surface area is 130 Å². The average Bonchev–Trinajstić information content (AvgIpc) is 2.60. The molecule has 0 aliphatic carbocycles. The molecular weight excluding hydrogens is 310 g/mol. The Morgan fingerprint density at radius 2 is 2.10 bits per heavy atom. The first-order valence-electron chi connectivity index (χ1n) is 7.42. The van der Waals surface area contributed by atoms with Gasteiger partial charge < -0.3 is 10.1 Å². The summed E-state index contributed by atoms with van der Waals surface area (Å²) in [4.78, 5) is 0. The van der Waals surface area contributed by atoms with Gasteiger partial charge in [0.05, 0.1) is 18.1 Å². The van der Waals surface area contributed by atoms with Crippen molar-refractivity contribution in [2.24, 2.45) is 0 Å². The molecule has 3 rings (SSSR count). The van der Waals surface area contributed by atoms with Gasteiger partial charge in [0.15, 0.2) is 9.84 Å². The van der Waals surface area contributed by atoms with Crippen molar-refractivity contribution < 1.29 is 13.2 Å². The van der Waals surface area contributed by atoms with Crippen LogP contribution in [-0.4, -0.2) is 32.6 Å². The minimum atomic E-state index is -2.89. The van der Waals surface area contributed by atoms with E-state index in [1.165, 1.54) is 0 Å². The molecule has 0 spiro atoms. The molecule has 116 valence electrons. The fraction of sp³-hybridized carbons (Fsp3) is 0.600. The molecule has 6 heteroatoms. The van der Waals surface area contributed by atoms with E-state index in [4.69, 9.17) is 16.3 Å². The number of fused-ring (bicyclic) bond motifs is 1. The summed E-state index contributed by atoms with van der Waals surface area (Å²) in [6, 6.07) is 5.86. The molecule has 1 N–H and O–H groups in total. The normalized spacial score (nSPS) is 28.2. The number of hydrogen-bond donors (Lipinski definition) is 1. The zero-order valence-corrected chi connectivity index (χ0v) is 13.4. The van der Waals surface area contributed by atoms with Gasteiger partial charge in [-0.2, -0.15) is 0 Å². The molecule has 0 bridgehead atoms. The molecular formula is C15H20ClNO3S. The number of hydrogen-bond acceptors (Lipinski definition) is 4. The summed E-state index contributed by atoms with van der Waals surface area (Å²) in [5.74, 6) is 1.38. The van der Waals surface area contributed by atoms with Crippen LogP contribution in [0.1, 0.15) is 37.3 Å². The zero-order chi connectivity index (χ0) is 14.9. The van der Waals surface area contributed by atoms with E-state index in [1.807, 2.05) is 18.2 Å². The van der Waals surface area contributed by atoms with E-state index >= 15 is 0 Å². The largest absolute Gasteiger partial charge is 0.493 e. The second kappa shape index (κ2) is 6.15. The predicted molar refractivity (Wildman–Crippen MR) is 83.7 cm³/mol. The lowest BCUT2D eigenvalue weighted by molar-refractivity contribution is 0.314. The Balaban J connectivity index is 1.79. The molecule has 0 saturated carbocycles. The Bertz CT molecular complexity index is 617. The number of halogens is 1. The van der Waals surface area contributed by atoms with E-state index in [2.05, 4.69) is 5.32 Å². The summed E-state index contributed by atoms with van der Waals surface area (Å²) >= 11 is 6.03. The molecule has 2 aliphatic heterocycles. The van der Waals surface area contributed by atoms with E-state index < -0.39 is 9.84 Å². The molecule has 1 aromatic rings. The fourth-order valence-corrected chi connectivity index (χ4v) is 4.97. The van der Waals surface area contributed by atoms with Gasteiger partial charge >= 0.3 is 0 Å². The topological polar surface area (TPSA) is 55.4 Å². The van der Waals surface area contributed by atoms with Crippen molar-refractivity contribution in [2.75, 3.05) is 18.1 Å². The van der Waals surface area contributed by atoms with E-state index in [0.29, 0.717) is 17.4 Å². The Morgan fingerprint density at radius 1 is 1.24 bits per heavy atom. The molecule has 0 aromatic heterocycles. The van der Waals surface area contributed by atoms with E-state index in [0.717, 1.165) is 37.0 Å². The lowest BCUT2D eigenvalue weighted by Crippen LogP contribution is -2.41. The van der Waals surface area contributed by atoms with Gasteiger partial charge in [-0.05, 0) is 37.8 Å². The molecule has 21 heavy (non-hydrogen) atoms. The second-order valence-electron chi connectivity index (χ2n) is 5.85. The summed E-state index contributed by atoms with van der Waals surface area (Å²) in [7, 11) is -2.89. The number of ether oxygens (including phenoxy) is 1. The van der Waals surface area contributed by atoms with Crippen LogP contribution in [0.15, 0.2) is 18.2 Å². The van der Waals surface area contributed by atoms with Gasteiger partial charge in [-0.25, -0.2) is 8.42 Å². The minimum absolute atomic E-state index is 0.0374. The second-order valence-corrected chi connectivity index (χ2v) is 8.51.